The van der Waals surface area contributed by atoms with Crippen molar-refractivity contribution in [3.05, 3.63) is 79.3 Å². The monoisotopic (exact) mass is 455 g/mol. The molecule has 4 aromatic rings. The average Bonchev–Trinajstić information content (AvgIpc) is 3.35. The zero-order valence-electron chi connectivity index (χ0n) is 19.3. The molecule has 0 spiro atoms. The normalized spacial score (nSPS) is 15.7. The molecule has 0 radical (unpaired) electrons. The van der Waals surface area contributed by atoms with Gasteiger partial charge in [0.15, 0.2) is 17.3 Å². The Morgan fingerprint density at radius 2 is 1.85 bits per heavy atom. The number of nitrogens with zero attached hydrogens (tertiary/aromatic N) is 3. The molecule has 7 heteroatoms. The topological polar surface area (TPSA) is 75.3 Å². The van der Waals surface area contributed by atoms with Crippen molar-refractivity contribution in [3.63, 3.8) is 0 Å². The van der Waals surface area contributed by atoms with Gasteiger partial charge in [0.05, 0.1) is 25.5 Å². The molecular formula is C27H29N5O2. The Balaban J connectivity index is 1.26. The van der Waals surface area contributed by atoms with Crippen molar-refractivity contribution < 1.29 is 9.47 Å². The molecule has 1 aliphatic heterocycles. The second-order valence-electron chi connectivity index (χ2n) is 8.26. The van der Waals surface area contributed by atoms with Gasteiger partial charge in [-0.3, -0.25) is 4.98 Å². The van der Waals surface area contributed by atoms with Crippen LogP contribution < -0.4 is 19.7 Å². The first-order valence-electron chi connectivity index (χ1n) is 11.7. The maximum absolute atomic E-state index is 6.33. The summed E-state index contributed by atoms with van der Waals surface area (Å²) in [6.45, 7) is 4.26. The molecule has 0 saturated carbocycles. The van der Waals surface area contributed by atoms with Gasteiger partial charge in [-0.1, -0.05) is 42.5 Å². The van der Waals surface area contributed by atoms with Crippen LogP contribution in [0.3, 0.4) is 0 Å². The molecule has 2 aromatic carbocycles. The molecule has 0 aliphatic carbocycles. The van der Waals surface area contributed by atoms with Crippen LogP contribution >= 0.6 is 0 Å². The Morgan fingerprint density at radius 1 is 1.03 bits per heavy atom. The van der Waals surface area contributed by atoms with Crippen LogP contribution in [0, 0.1) is 0 Å². The van der Waals surface area contributed by atoms with Gasteiger partial charge in [0.2, 0.25) is 0 Å². The summed E-state index contributed by atoms with van der Waals surface area (Å²) in [5.41, 5.74) is 2.28. The first kappa shape index (κ1) is 21.8. The van der Waals surface area contributed by atoms with Gasteiger partial charge >= 0.3 is 0 Å². The fourth-order valence-corrected chi connectivity index (χ4v) is 4.21. The number of H-pyrrole nitrogens is 1. The molecule has 3 heterocycles. The van der Waals surface area contributed by atoms with Crippen molar-refractivity contribution in [3.8, 4) is 22.6 Å². The van der Waals surface area contributed by atoms with Crippen molar-refractivity contribution in [2.45, 2.75) is 25.9 Å². The fourth-order valence-electron chi connectivity index (χ4n) is 4.21. The Hall–Kier alpha value is -4.00. The number of hydrogen-bond acceptors (Lipinski definition) is 6. The van der Waals surface area contributed by atoms with Crippen molar-refractivity contribution >= 4 is 17.5 Å². The number of para-hydroxylation sites is 2. The molecule has 7 nitrogen and oxygen atoms in total. The van der Waals surface area contributed by atoms with Gasteiger partial charge in [-0.25, -0.2) is 4.98 Å². The summed E-state index contributed by atoms with van der Waals surface area (Å²) < 4.78 is 12.0. The first-order valence-corrected chi connectivity index (χ1v) is 11.7. The summed E-state index contributed by atoms with van der Waals surface area (Å²) in [5.74, 6) is 3.99. The van der Waals surface area contributed by atoms with Crippen LogP contribution in [0.25, 0.3) is 11.1 Å². The van der Waals surface area contributed by atoms with Crippen molar-refractivity contribution in [1.82, 2.24) is 15.0 Å². The molecule has 1 atom stereocenters. The summed E-state index contributed by atoms with van der Waals surface area (Å²) in [6, 6.07) is 20.2. The van der Waals surface area contributed by atoms with E-state index < -0.39 is 0 Å². The minimum atomic E-state index is 0.0607. The lowest BCUT2D eigenvalue weighted by Crippen LogP contribution is -2.41. The minimum Gasteiger partial charge on any atom is -0.490 e. The lowest BCUT2D eigenvalue weighted by Gasteiger charge is -2.33. The number of hydrogen-bond donors (Lipinski definition) is 2. The van der Waals surface area contributed by atoms with E-state index in [0.29, 0.717) is 12.4 Å². The number of ether oxygens (including phenoxy) is 2. The zero-order chi connectivity index (χ0) is 23.2. The van der Waals surface area contributed by atoms with Gasteiger partial charge in [0.1, 0.15) is 17.7 Å². The van der Waals surface area contributed by atoms with Gasteiger partial charge < -0.3 is 24.7 Å². The quantitative estimate of drug-likeness (QED) is 0.357. The van der Waals surface area contributed by atoms with E-state index in [1.165, 1.54) is 0 Å². The summed E-state index contributed by atoms with van der Waals surface area (Å²) in [4.78, 5) is 14.8. The molecule has 174 valence electrons. The maximum Gasteiger partial charge on any atom is 0.161 e. The predicted octanol–water partition coefficient (Wildman–Crippen LogP) is 5.66. The standard InChI is InChI=1S/C27H29N5O2/c1-2-33-23-12-6-7-13-24(23)34-22-11-8-14-32(19-22)27-18-28-17-26(31-27)30-25-15-21(16-29-25)20-9-4-3-5-10-20/h3-7,9-10,12-13,15-18,22,29H,2,8,11,14,19H2,1H3,(H,30,31)/t22-/m1/s1. The second-order valence-corrected chi connectivity index (χ2v) is 8.26. The van der Waals surface area contributed by atoms with E-state index >= 15 is 0 Å². The Bertz CT molecular complexity index is 1210. The number of benzene rings is 2. The third-order valence-electron chi connectivity index (χ3n) is 5.82. The summed E-state index contributed by atoms with van der Waals surface area (Å²) in [7, 11) is 0. The molecule has 0 bridgehead atoms. The minimum absolute atomic E-state index is 0.0607. The van der Waals surface area contributed by atoms with Gasteiger partial charge in [-0.2, -0.15) is 0 Å². The van der Waals surface area contributed by atoms with Gasteiger partial charge in [-0.15, -0.1) is 0 Å². The van der Waals surface area contributed by atoms with Gasteiger partial charge in [-0.05, 0) is 43.5 Å². The lowest BCUT2D eigenvalue weighted by molar-refractivity contribution is 0.170. The van der Waals surface area contributed by atoms with Gasteiger partial charge in [0.25, 0.3) is 0 Å². The smallest absolute Gasteiger partial charge is 0.161 e. The van der Waals surface area contributed by atoms with E-state index in [4.69, 9.17) is 14.5 Å². The molecule has 1 saturated heterocycles. The molecule has 2 N–H and O–H groups in total. The lowest BCUT2D eigenvalue weighted by atomic mass is 10.1. The number of anilines is 3. The van der Waals surface area contributed by atoms with E-state index in [-0.39, 0.29) is 6.10 Å². The number of nitrogens with one attached hydrogen (secondary N) is 2. The molecule has 0 unspecified atom stereocenters. The van der Waals surface area contributed by atoms with Crippen molar-refractivity contribution in [1.29, 1.82) is 0 Å². The second kappa shape index (κ2) is 10.3. The highest BCUT2D eigenvalue weighted by atomic mass is 16.5. The van der Waals surface area contributed by atoms with E-state index in [1.807, 2.05) is 61.8 Å². The average molecular weight is 456 g/mol. The third kappa shape index (κ3) is 5.14. The molecule has 5 rings (SSSR count). The molecule has 1 fully saturated rings. The number of aromatic amines is 1. The largest absolute Gasteiger partial charge is 0.490 e. The first-order chi connectivity index (χ1) is 16.8. The molecular weight excluding hydrogens is 426 g/mol. The highest BCUT2D eigenvalue weighted by Crippen LogP contribution is 2.30. The SMILES string of the molecule is CCOc1ccccc1O[C@@H]1CCCN(c2cncc(Nc3cc(-c4ccccc4)c[nH]3)n2)C1. The van der Waals surface area contributed by atoms with Crippen LogP contribution in [0.5, 0.6) is 11.5 Å². The highest BCUT2D eigenvalue weighted by molar-refractivity contribution is 5.68. The van der Waals surface area contributed by atoms with E-state index in [1.54, 1.807) is 6.20 Å². The van der Waals surface area contributed by atoms with Crippen molar-refractivity contribution in [2.75, 3.05) is 29.9 Å². The third-order valence-corrected chi connectivity index (χ3v) is 5.82. The molecule has 2 aromatic heterocycles. The van der Waals surface area contributed by atoms with Crippen LogP contribution in [0.1, 0.15) is 19.8 Å². The van der Waals surface area contributed by atoms with Gasteiger partial charge in [0, 0.05) is 18.3 Å². The highest BCUT2D eigenvalue weighted by Gasteiger charge is 2.24. The van der Waals surface area contributed by atoms with E-state index in [2.05, 4.69) is 38.4 Å². The number of piperidine rings is 1. The molecule has 0 amide bonds. The van der Waals surface area contributed by atoms with Crippen molar-refractivity contribution in [2.24, 2.45) is 0 Å². The Labute approximate surface area is 199 Å². The predicted molar refractivity (Wildman–Crippen MR) is 135 cm³/mol. The molecule has 1 aliphatic rings. The summed E-state index contributed by atoms with van der Waals surface area (Å²) in [5, 5.41) is 3.34. The van der Waals surface area contributed by atoms with Crippen LogP contribution in [0.2, 0.25) is 0 Å². The summed E-state index contributed by atoms with van der Waals surface area (Å²) in [6.07, 6.45) is 7.62. The number of aromatic nitrogens is 3. The maximum atomic E-state index is 6.33. The fraction of sp³-hybridized carbons (Fsp3) is 0.259. The Morgan fingerprint density at radius 3 is 2.71 bits per heavy atom. The Kier molecular flexibility index (Phi) is 6.61. The van der Waals surface area contributed by atoms with Crippen LogP contribution in [0.4, 0.5) is 17.5 Å². The van der Waals surface area contributed by atoms with E-state index in [0.717, 1.165) is 60.2 Å². The number of rotatable bonds is 8. The van der Waals surface area contributed by atoms with Crippen LogP contribution in [-0.2, 0) is 0 Å². The zero-order valence-corrected chi connectivity index (χ0v) is 19.3. The van der Waals surface area contributed by atoms with Crippen LogP contribution in [-0.4, -0.2) is 40.8 Å². The summed E-state index contributed by atoms with van der Waals surface area (Å²) >= 11 is 0. The van der Waals surface area contributed by atoms with Crippen LogP contribution in [0.15, 0.2) is 79.3 Å². The van der Waals surface area contributed by atoms with E-state index in [9.17, 15) is 0 Å². The molecule has 34 heavy (non-hydrogen) atoms.